The van der Waals surface area contributed by atoms with E-state index in [0.29, 0.717) is 18.6 Å². The van der Waals surface area contributed by atoms with E-state index < -0.39 is 11.2 Å². The molecule has 0 aromatic heterocycles. The Morgan fingerprint density at radius 1 is 1.18 bits per heavy atom. The van der Waals surface area contributed by atoms with Gasteiger partial charge in [-0.1, -0.05) is 24.6 Å². The van der Waals surface area contributed by atoms with E-state index >= 15 is 0 Å². The molecule has 1 aromatic rings. The van der Waals surface area contributed by atoms with Gasteiger partial charge in [-0.15, -0.1) is 5.06 Å². The zero-order chi connectivity index (χ0) is 16.0. The lowest BCUT2D eigenvalue weighted by Gasteiger charge is -2.33. The number of ketones is 1. The summed E-state index contributed by atoms with van der Waals surface area (Å²) in [5.74, 6) is -0.179. The van der Waals surface area contributed by atoms with Crippen molar-refractivity contribution in [1.29, 1.82) is 0 Å². The highest BCUT2D eigenvalue weighted by atomic mass is 16.6. The lowest BCUT2D eigenvalue weighted by Crippen LogP contribution is -2.59. The molecule has 2 aliphatic rings. The summed E-state index contributed by atoms with van der Waals surface area (Å²) in [4.78, 5) is 12.7. The van der Waals surface area contributed by atoms with Crippen LogP contribution in [0.25, 0.3) is 0 Å². The summed E-state index contributed by atoms with van der Waals surface area (Å²) in [5, 5.41) is 24.9. The first-order valence-corrected chi connectivity index (χ1v) is 7.85. The first-order chi connectivity index (χ1) is 10.4. The van der Waals surface area contributed by atoms with Crippen molar-refractivity contribution in [3.63, 3.8) is 0 Å². The van der Waals surface area contributed by atoms with Crippen LogP contribution in [0.3, 0.4) is 0 Å². The van der Waals surface area contributed by atoms with Crippen LogP contribution in [0.4, 0.5) is 0 Å². The number of hydrogen-bond donors (Lipinski definition) is 1. The van der Waals surface area contributed by atoms with Gasteiger partial charge in [0.2, 0.25) is 11.5 Å². The number of carbonyl (C=O) groups is 1. The topological polar surface area (TPSA) is 66.6 Å². The molecule has 1 spiro atoms. The molecule has 5 heteroatoms. The van der Waals surface area contributed by atoms with Gasteiger partial charge < -0.3 is 10.4 Å². The van der Waals surface area contributed by atoms with Gasteiger partial charge in [-0.3, -0.25) is 4.79 Å². The molecular formula is C17H22N2O3. The Labute approximate surface area is 130 Å². The predicted molar refractivity (Wildman–Crippen MR) is 82.7 cm³/mol. The molecule has 1 heterocycles. The number of carbonyl (C=O) groups excluding carboxylic acids is 1. The molecule has 1 aliphatic carbocycles. The van der Waals surface area contributed by atoms with Crippen molar-refractivity contribution in [3.8, 4) is 0 Å². The van der Waals surface area contributed by atoms with E-state index in [0.717, 1.165) is 34.6 Å². The molecule has 5 nitrogen and oxygen atoms in total. The quantitative estimate of drug-likeness (QED) is 0.640. The molecule has 118 valence electrons. The first kappa shape index (κ1) is 15.2. The van der Waals surface area contributed by atoms with Gasteiger partial charge in [0.05, 0.1) is 0 Å². The largest absolute Gasteiger partial charge is 0.622 e. The molecular weight excluding hydrogens is 280 g/mol. The van der Waals surface area contributed by atoms with Gasteiger partial charge in [0.15, 0.2) is 0 Å². The molecule has 0 saturated heterocycles. The van der Waals surface area contributed by atoms with Crippen LogP contribution in [-0.2, 0) is 4.79 Å². The van der Waals surface area contributed by atoms with Crippen molar-refractivity contribution in [2.45, 2.75) is 57.2 Å². The molecule has 22 heavy (non-hydrogen) atoms. The van der Waals surface area contributed by atoms with Gasteiger partial charge in [0.1, 0.15) is 5.54 Å². The average molecular weight is 302 g/mol. The number of hydrogen-bond acceptors (Lipinski definition) is 4. The van der Waals surface area contributed by atoms with E-state index in [-0.39, 0.29) is 5.78 Å². The van der Waals surface area contributed by atoms with Gasteiger partial charge in [0.25, 0.3) is 0 Å². The predicted octanol–water partition coefficient (Wildman–Crippen LogP) is 2.70. The second kappa shape index (κ2) is 5.18. The Kier molecular flexibility index (Phi) is 3.57. The fourth-order valence-electron chi connectivity index (χ4n) is 3.76. The lowest BCUT2D eigenvalue weighted by atomic mass is 9.92. The van der Waals surface area contributed by atoms with Crippen LogP contribution in [0.5, 0.6) is 0 Å². The zero-order valence-corrected chi connectivity index (χ0v) is 13.1. The van der Waals surface area contributed by atoms with Crippen molar-refractivity contribution < 1.29 is 14.7 Å². The number of Topliss-reactive ketones (excluding diaryl/α,β-unsaturated/α-hetero) is 1. The van der Waals surface area contributed by atoms with Gasteiger partial charge in [-0.2, -0.15) is 4.74 Å². The molecule has 0 bridgehead atoms. The molecule has 1 aliphatic heterocycles. The third-order valence-corrected chi connectivity index (χ3v) is 4.92. The zero-order valence-electron chi connectivity index (χ0n) is 13.1. The third-order valence-electron chi connectivity index (χ3n) is 4.92. The minimum absolute atomic E-state index is 0.179. The fraction of sp³-hybridized carbons (Fsp3) is 0.529. The number of rotatable bonds is 1. The van der Waals surface area contributed by atoms with E-state index in [1.54, 1.807) is 13.8 Å². The molecule has 0 amide bonds. The Bertz CT molecular complexity index is 624. The number of hydroxylamine groups is 3. The Morgan fingerprint density at radius 3 is 2.55 bits per heavy atom. The third kappa shape index (κ3) is 1.92. The minimum Gasteiger partial charge on any atom is -0.622 e. The summed E-state index contributed by atoms with van der Waals surface area (Å²) in [7, 11) is 0. The van der Waals surface area contributed by atoms with Gasteiger partial charge in [-0.05, 0) is 38.8 Å². The Hall–Kier alpha value is -1.72. The van der Waals surface area contributed by atoms with Crippen LogP contribution in [-0.4, -0.2) is 37.7 Å². The maximum Gasteiger partial charge on any atom is 0.310 e. The van der Waals surface area contributed by atoms with Gasteiger partial charge in [-0.25, -0.2) is 0 Å². The summed E-state index contributed by atoms with van der Waals surface area (Å²) < 4.78 is 0.774. The van der Waals surface area contributed by atoms with Crippen LogP contribution in [0, 0.1) is 5.21 Å². The molecule has 3 rings (SSSR count). The van der Waals surface area contributed by atoms with Crippen molar-refractivity contribution in [1.82, 2.24) is 5.06 Å². The highest BCUT2D eigenvalue weighted by Crippen LogP contribution is 2.41. The maximum atomic E-state index is 13.1. The van der Waals surface area contributed by atoms with Crippen molar-refractivity contribution in [2.75, 3.05) is 0 Å². The standard InChI is InChI=1S/C17H22N2O3/c1-16(2)15(13-9-5-3-6-10-13)18(21)17(19(16)22)12-8-4-7-11-14(17)20/h3,5-6,9-10,22H,4,7-8,11-12H2,1-2H3/t17-/m1/s1. The molecule has 1 saturated carbocycles. The molecule has 1 N–H and O–H groups in total. The van der Waals surface area contributed by atoms with Crippen LogP contribution in [0.2, 0.25) is 0 Å². The summed E-state index contributed by atoms with van der Waals surface area (Å²) in [6, 6.07) is 9.28. The highest BCUT2D eigenvalue weighted by molar-refractivity contribution is 6.06. The van der Waals surface area contributed by atoms with Gasteiger partial charge >= 0.3 is 5.66 Å². The van der Waals surface area contributed by atoms with E-state index in [2.05, 4.69) is 0 Å². The van der Waals surface area contributed by atoms with Crippen molar-refractivity contribution in [2.24, 2.45) is 0 Å². The van der Waals surface area contributed by atoms with E-state index in [1.807, 2.05) is 30.3 Å². The average Bonchev–Trinajstić information content (AvgIpc) is 2.64. The molecule has 1 atom stereocenters. The Balaban J connectivity index is 2.21. The van der Waals surface area contributed by atoms with Crippen LogP contribution >= 0.6 is 0 Å². The second-order valence-corrected chi connectivity index (χ2v) is 6.68. The number of nitrogens with zero attached hydrogens (tertiary/aromatic N) is 2. The second-order valence-electron chi connectivity index (χ2n) is 6.68. The summed E-state index contributed by atoms with van der Waals surface area (Å²) in [6.45, 7) is 3.57. The maximum absolute atomic E-state index is 13.1. The SMILES string of the molecule is CC1(C)C(c2ccccc2)=[N+]([O-])[C@]2(CCCCCC2=O)N1O. The van der Waals surface area contributed by atoms with Gasteiger partial charge in [0, 0.05) is 18.4 Å². The van der Waals surface area contributed by atoms with Crippen molar-refractivity contribution >= 4 is 11.5 Å². The molecule has 0 radical (unpaired) electrons. The van der Waals surface area contributed by atoms with E-state index in [1.165, 1.54) is 0 Å². The molecule has 1 aromatic carbocycles. The van der Waals surface area contributed by atoms with Crippen LogP contribution in [0.15, 0.2) is 30.3 Å². The fourth-order valence-corrected chi connectivity index (χ4v) is 3.76. The van der Waals surface area contributed by atoms with E-state index in [4.69, 9.17) is 0 Å². The van der Waals surface area contributed by atoms with Crippen LogP contribution < -0.4 is 0 Å². The summed E-state index contributed by atoms with van der Waals surface area (Å²) in [6.07, 6.45) is 3.17. The smallest absolute Gasteiger partial charge is 0.310 e. The van der Waals surface area contributed by atoms with E-state index in [9.17, 15) is 15.2 Å². The molecule has 0 unspecified atom stereocenters. The van der Waals surface area contributed by atoms with Crippen molar-refractivity contribution in [3.05, 3.63) is 41.1 Å². The first-order valence-electron chi connectivity index (χ1n) is 7.85. The monoisotopic (exact) mass is 302 g/mol. The normalized spacial score (nSPS) is 29.1. The minimum atomic E-state index is -1.47. The number of benzene rings is 1. The summed E-state index contributed by atoms with van der Waals surface area (Å²) >= 11 is 0. The Morgan fingerprint density at radius 2 is 1.86 bits per heavy atom. The highest BCUT2D eigenvalue weighted by Gasteiger charge is 2.65. The lowest BCUT2D eigenvalue weighted by molar-refractivity contribution is -0.572. The molecule has 1 fully saturated rings. The summed E-state index contributed by atoms with van der Waals surface area (Å²) in [5.41, 5.74) is -1.19. The van der Waals surface area contributed by atoms with Crippen LogP contribution in [0.1, 0.15) is 51.5 Å².